The van der Waals surface area contributed by atoms with Gasteiger partial charge in [0.05, 0.1) is 10.5 Å². The van der Waals surface area contributed by atoms with Gasteiger partial charge in [0.15, 0.2) is 0 Å². The number of carbonyl (C=O) groups excluding carboxylic acids is 4. The Labute approximate surface area is 184 Å². The molecule has 3 rings (SSSR count). The topological polar surface area (TPSA) is 95.6 Å². The highest BCUT2D eigenvalue weighted by Crippen LogP contribution is 2.32. The van der Waals surface area contributed by atoms with Crippen LogP contribution in [0.2, 0.25) is 0 Å². The van der Waals surface area contributed by atoms with Gasteiger partial charge >= 0.3 is 6.18 Å². The van der Waals surface area contributed by atoms with Crippen LogP contribution >= 0.6 is 11.8 Å². The van der Waals surface area contributed by atoms with Crippen LogP contribution in [0.4, 0.5) is 29.3 Å². The van der Waals surface area contributed by atoms with E-state index in [1.165, 1.54) is 6.07 Å². The van der Waals surface area contributed by atoms with Crippen LogP contribution in [-0.4, -0.2) is 34.4 Å². The van der Waals surface area contributed by atoms with Gasteiger partial charge in [-0.1, -0.05) is 23.8 Å². The van der Waals surface area contributed by atoms with E-state index in [1.54, 1.807) is 24.3 Å². The molecule has 11 heteroatoms. The first-order valence-electron chi connectivity index (χ1n) is 9.13. The first kappa shape index (κ1) is 23.1. The highest BCUT2D eigenvalue weighted by Gasteiger charge is 2.37. The molecule has 2 aromatic carbocycles. The molecule has 0 spiro atoms. The van der Waals surface area contributed by atoms with Crippen molar-refractivity contribution in [1.29, 1.82) is 0 Å². The maximum absolute atomic E-state index is 12.8. The molecule has 0 saturated carbocycles. The van der Waals surface area contributed by atoms with Crippen molar-refractivity contribution in [3.63, 3.8) is 0 Å². The van der Waals surface area contributed by atoms with Crippen LogP contribution in [-0.2, 0) is 20.6 Å². The Morgan fingerprint density at radius 2 is 1.72 bits per heavy atom. The number of aryl methyl sites for hydroxylation is 1. The second-order valence-electron chi connectivity index (χ2n) is 6.75. The van der Waals surface area contributed by atoms with Crippen molar-refractivity contribution >= 4 is 46.1 Å². The number of benzene rings is 2. The zero-order valence-corrected chi connectivity index (χ0v) is 17.3. The third-order valence-electron chi connectivity index (χ3n) is 4.23. The van der Waals surface area contributed by atoms with E-state index < -0.39 is 41.2 Å². The number of hydrogen-bond acceptors (Lipinski definition) is 5. The molecule has 1 aliphatic heterocycles. The number of anilines is 2. The minimum atomic E-state index is -4.59. The minimum absolute atomic E-state index is 0.134. The van der Waals surface area contributed by atoms with Crippen LogP contribution in [0.1, 0.15) is 11.1 Å². The van der Waals surface area contributed by atoms with Gasteiger partial charge in [-0.2, -0.15) is 13.2 Å². The zero-order valence-electron chi connectivity index (χ0n) is 16.5. The lowest BCUT2D eigenvalue weighted by Crippen LogP contribution is -2.36. The summed E-state index contributed by atoms with van der Waals surface area (Å²) in [6.45, 7) is 1.17. The average molecular weight is 463 g/mol. The number of nitrogens with zero attached hydrogens (tertiary/aromatic N) is 1. The number of amides is 4. The summed E-state index contributed by atoms with van der Waals surface area (Å²) >= 11 is 0.486. The highest BCUT2D eigenvalue weighted by molar-refractivity contribution is 8.18. The van der Waals surface area contributed by atoms with E-state index in [-0.39, 0.29) is 10.6 Å². The molecule has 2 N–H and O–H groups in total. The normalized spacial score (nSPS) is 15.2. The molecule has 2 aromatic rings. The summed E-state index contributed by atoms with van der Waals surface area (Å²) in [4.78, 5) is 49.3. The van der Waals surface area contributed by atoms with Crippen molar-refractivity contribution in [3.8, 4) is 0 Å². The molecule has 1 heterocycles. The van der Waals surface area contributed by atoms with Gasteiger partial charge in [0.2, 0.25) is 11.8 Å². The number of carbonyl (C=O) groups is 4. The zero-order chi connectivity index (χ0) is 23.5. The molecule has 32 heavy (non-hydrogen) atoms. The van der Waals surface area contributed by atoms with Gasteiger partial charge in [-0.15, -0.1) is 0 Å². The fourth-order valence-electron chi connectivity index (χ4n) is 2.69. The van der Waals surface area contributed by atoms with Crippen LogP contribution in [0.3, 0.4) is 0 Å². The molecule has 166 valence electrons. The molecule has 4 amide bonds. The van der Waals surface area contributed by atoms with E-state index in [9.17, 15) is 32.3 Å². The number of alkyl halides is 3. The average Bonchev–Trinajstić information content (AvgIpc) is 2.96. The van der Waals surface area contributed by atoms with Gasteiger partial charge in [0, 0.05) is 17.5 Å². The summed E-state index contributed by atoms with van der Waals surface area (Å²) < 4.78 is 38.4. The van der Waals surface area contributed by atoms with E-state index in [0.29, 0.717) is 22.3 Å². The Morgan fingerprint density at radius 1 is 1.03 bits per heavy atom. The monoisotopic (exact) mass is 463 g/mol. The van der Waals surface area contributed by atoms with E-state index >= 15 is 0 Å². The molecule has 0 aromatic heterocycles. The maximum atomic E-state index is 12.8. The lowest BCUT2D eigenvalue weighted by Gasteiger charge is -2.13. The molecule has 1 saturated heterocycles. The molecule has 1 fully saturated rings. The van der Waals surface area contributed by atoms with E-state index in [4.69, 9.17) is 0 Å². The lowest BCUT2D eigenvalue weighted by molar-refractivity contribution is -0.137. The predicted molar refractivity (Wildman–Crippen MR) is 113 cm³/mol. The molecular formula is C21H16F3N3O4S. The Hall–Kier alpha value is -3.60. The fourth-order valence-corrected chi connectivity index (χ4v) is 3.50. The number of hydrogen-bond donors (Lipinski definition) is 2. The first-order valence-corrected chi connectivity index (χ1v) is 9.95. The second-order valence-corrected chi connectivity index (χ2v) is 7.74. The van der Waals surface area contributed by atoms with Crippen LogP contribution in [0.25, 0.3) is 0 Å². The minimum Gasteiger partial charge on any atom is -0.325 e. The summed E-state index contributed by atoms with van der Waals surface area (Å²) in [5, 5.41) is 4.00. The summed E-state index contributed by atoms with van der Waals surface area (Å²) in [6, 6.07) is 10.9. The second kappa shape index (κ2) is 9.27. The van der Waals surface area contributed by atoms with E-state index in [2.05, 4.69) is 10.6 Å². The highest BCUT2D eigenvalue weighted by atomic mass is 32.2. The first-order chi connectivity index (χ1) is 15.0. The van der Waals surface area contributed by atoms with Crippen molar-refractivity contribution in [2.24, 2.45) is 0 Å². The van der Waals surface area contributed by atoms with Gasteiger partial charge in [-0.3, -0.25) is 24.1 Å². The van der Waals surface area contributed by atoms with Gasteiger partial charge in [0.25, 0.3) is 11.1 Å². The van der Waals surface area contributed by atoms with Crippen LogP contribution < -0.4 is 10.6 Å². The molecule has 0 unspecified atom stereocenters. The van der Waals surface area contributed by atoms with Crippen molar-refractivity contribution in [2.45, 2.75) is 13.1 Å². The Kier molecular flexibility index (Phi) is 6.68. The van der Waals surface area contributed by atoms with E-state index in [1.807, 2.05) is 6.92 Å². The number of halogens is 3. The van der Waals surface area contributed by atoms with Crippen molar-refractivity contribution in [3.05, 3.63) is 70.6 Å². The number of nitrogens with one attached hydrogen (secondary N) is 2. The molecule has 1 aliphatic rings. The Balaban J connectivity index is 1.63. The number of thioether (sulfide) groups is 1. The predicted octanol–water partition coefficient (Wildman–Crippen LogP) is 4.17. The summed E-state index contributed by atoms with van der Waals surface area (Å²) in [7, 11) is 0. The van der Waals surface area contributed by atoms with Crippen molar-refractivity contribution in [2.75, 3.05) is 17.2 Å². The summed E-state index contributed by atoms with van der Waals surface area (Å²) in [6.07, 6.45) is -3.63. The van der Waals surface area contributed by atoms with Crippen LogP contribution in [0.15, 0.2) is 59.5 Å². The quantitative estimate of drug-likeness (QED) is 0.649. The molecule has 0 radical (unpaired) electrons. The van der Waals surface area contributed by atoms with Gasteiger partial charge in [-0.05, 0) is 49.0 Å². The van der Waals surface area contributed by atoms with Crippen LogP contribution in [0, 0.1) is 6.92 Å². The van der Waals surface area contributed by atoms with Gasteiger partial charge in [0.1, 0.15) is 6.54 Å². The molecule has 7 nitrogen and oxygen atoms in total. The van der Waals surface area contributed by atoms with Gasteiger partial charge < -0.3 is 10.6 Å². The molecular weight excluding hydrogens is 447 g/mol. The third kappa shape index (κ3) is 5.76. The standard InChI is InChI=1S/C21H16F3N3O4S/c1-12-5-7-14(8-6-12)25-17(28)10-16-19(30)27(20(31)32-16)11-18(29)26-15-4-2-3-13(9-15)21(22,23)24/h2-10H,11H2,1H3,(H,25,28)(H,26,29)/b16-10-. The summed E-state index contributed by atoms with van der Waals surface area (Å²) in [5.41, 5.74) is 0.401. The van der Waals surface area contributed by atoms with Crippen molar-refractivity contribution < 1.29 is 32.3 Å². The SMILES string of the molecule is Cc1ccc(NC(=O)/C=C2\SC(=O)N(CC(=O)Nc3cccc(C(F)(F)F)c3)C2=O)cc1. The molecule has 0 bridgehead atoms. The lowest BCUT2D eigenvalue weighted by atomic mass is 10.2. The Morgan fingerprint density at radius 3 is 2.38 bits per heavy atom. The van der Waals surface area contributed by atoms with Gasteiger partial charge in [-0.25, -0.2) is 0 Å². The smallest absolute Gasteiger partial charge is 0.325 e. The van der Waals surface area contributed by atoms with Crippen LogP contribution in [0.5, 0.6) is 0 Å². The molecule has 0 atom stereocenters. The molecule has 0 aliphatic carbocycles. The third-order valence-corrected chi connectivity index (χ3v) is 5.14. The largest absolute Gasteiger partial charge is 0.416 e. The number of rotatable bonds is 5. The van der Waals surface area contributed by atoms with E-state index in [0.717, 1.165) is 29.8 Å². The Bertz CT molecular complexity index is 1110. The fraction of sp³-hybridized carbons (Fsp3) is 0.143. The maximum Gasteiger partial charge on any atom is 0.416 e. The summed E-state index contributed by atoms with van der Waals surface area (Å²) in [5.74, 6) is -2.34. The van der Waals surface area contributed by atoms with Crippen molar-refractivity contribution in [1.82, 2.24) is 4.90 Å². The number of imide groups is 1.